The molecule has 4 nitrogen and oxygen atoms in total. The number of carbonyl (C=O) groups is 1. The van der Waals surface area contributed by atoms with Crippen molar-refractivity contribution in [1.29, 1.82) is 0 Å². The van der Waals surface area contributed by atoms with Crippen LogP contribution in [0.15, 0.2) is 54.6 Å². The maximum atomic E-state index is 12.0. The van der Waals surface area contributed by atoms with Crippen molar-refractivity contribution in [3.63, 3.8) is 0 Å². The molecule has 124 valence electrons. The summed E-state index contributed by atoms with van der Waals surface area (Å²) < 4.78 is 10.6. The highest BCUT2D eigenvalue weighted by atomic mass is 16.7. The molecule has 0 saturated carbocycles. The largest absolute Gasteiger partial charge is 0.454 e. The Labute approximate surface area is 142 Å². The Bertz CT molecular complexity index is 725. The number of carbonyl (C=O) groups excluding carboxylic acids is 1. The van der Waals surface area contributed by atoms with Crippen molar-refractivity contribution in [3.05, 3.63) is 65.7 Å². The zero-order valence-corrected chi connectivity index (χ0v) is 13.7. The molecule has 1 aliphatic rings. The summed E-state index contributed by atoms with van der Waals surface area (Å²) >= 11 is 0. The number of amides is 1. The van der Waals surface area contributed by atoms with Crippen molar-refractivity contribution in [3.8, 4) is 11.5 Å². The van der Waals surface area contributed by atoms with Gasteiger partial charge >= 0.3 is 0 Å². The molecule has 24 heavy (non-hydrogen) atoms. The monoisotopic (exact) mass is 323 g/mol. The van der Waals surface area contributed by atoms with Crippen molar-refractivity contribution in [2.45, 2.75) is 19.3 Å². The lowest BCUT2D eigenvalue weighted by atomic mass is 9.96. The highest BCUT2D eigenvalue weighted by Crippen LogP contribution is 2.32. The molecule has 0 bridgehead atoms. The van der Waals surface area contributed by atoms with Crippen LogP contribution in [0.4, 0.5) is 0 Å². The Morgan fingerprint density at radius 3 is 2.75 bits per heavy atom. The summed E-state index contributed by atoms with van der Waals surface area (Å²) in [5.74, 6) is 1.69. The lowest BCUT2D eigenvalue weighted by Crippen LogP contribution is -2.26. The molecule has 0 saturated heterocycles. The summed E-state index contributed by atoms with van der Waals surface area (Å²) in [6.07, 6.45) is 4.31. The molecular formula is C20H21NO3. The molecule has 3 rings (SSSR count). The molecule has 1 N–H and O–H groups in total. The van der Waals surface area contributed by atoms with E-state index in [9.17, 15) is 4.79 Å². The Morgan fingerprint density at radius 2 is 1.96 bits per heavy atom. The fraction of sp³-hybridized carbons (Fsp3) is 0.250. The van der Waals surface area contributed by atoms with Gasteiger partial charge in [0.15, 0.2) is 11.5 Å². The van der Waals surface area contributed by atoms with E-state index in [2.05, 4.69) is 24.4 Å². The van der Waals surface area contributed by atoms with Crippen molar-refractivity contribution in [2.75, 3.05) is 13.3 Å². The molecule has 1 atom stereocenters. The normalized spacial score (nSPS) is 13.9. The first kappa shape index (κ1) is 16.1. The zero-order chi connectivity index (χ0) is 16.8. The van der Waals surface area contributed by atoms with Gasteiger partial charge in [0.2, 0.25) is 12.7 Å². The van der Waals surface area contributed by atoms with E-state index in [-0.39, 0.29) is 12.7 Å². The fourth-order valence-electron chi connectivity index (χ4n) is 2.69. The molecule has 0 radical (unpaired) electrons. The third-order valence-corrected chi connectivity index (χ3v) is 4.11. The Hall–Kier alpha value is -2.75. The topological polar surface area (TPSA) is 47.6 Å². The van der Waals surface area contributed by atoms with Gasteiger partial charge in [0.05, 0.1) is 0 Å². The van der Waals surface area contributed by atoms with Crippen LogP contribution in [0.1, 0.15) is 30.4 Å². The molecule has 1 aliphatic heterocycles. The second-order valence-electron chi connectivity index (χ2n) is 5.71. The van der Waals surface area contributed by atoms with E-state index < -0.39 is 0 Å². The molecular weight excluding hydrogens is 302 g/mol. The molecule has 0 fully saturated rings. The zero-order valence-electron chi connectivity index (χ0n) is 13.7. The summed E-state index contributed by atoms with van der Waals surface area (Å²) in [6.45, 7) is 3.01. The Balaban J connectivity index is 1.55. The fourth-order valence-corrected chi connectivity index (χ4v) is 2.69. The Kier molecular flexibility index (Phi) is 5.16. The second kappa shape index (κ2) is 7.68. The van der Waals surface area contributed by atoms with Crippen LogP contribution in [0.25, 0.3) is 6.08 Å². The first-order valence-corrected chi connectivity index (χ1v) is 8.16. The van der Waals surface area contributed by atoms with Gasteiger partial charge in [-0.1, -0.05) is 43.3 Å². The van der Waals surface area contributed by atoms with E-state index in [4.69, 9.17) is 9.47 Å². The van der Waals surface area contributed by atoms with E-state index in [0.29, 0.717) is 18.2 Å². The molecule has 1 heterocycles. The van der Waals surface area contributed by atoms with E-state index in [0.717, 1.165) is 17.7 Å². The van der Waals surface area contributed by atoms with Crippen LogP contribution in [0, 0.1) is 0 Å². The molecule has 0 aliphatic carbocycles. The molecule has 2 aromatic rings. The van der Waals surface area contributed by atoms with Gasteiger partial charge in [0, 0.05) is 18.5 Å². The van der Waals surface area contributed by atoms with Gasteiger partial charge in [0.1, 0.15) is 0 Å². The smallest absolute Gasteiger partial charge is 0.244 e. The van der Waals surface area contributed by atoms with E-state index in [1.807, 2.05) is 36.4 Å². The second-order valence-corrected chi connectivity index (χ2v) is 5.71. The number of nitrogens with one attached hydrogen (secondary N) is 1. The molecule has 2 aromatic carbocycles. The minimum absolute atomic E-state index is 0.0953. The van der Waals surface area contributed by atoms with Gasteiger partial charge in [-0.15, -0.1) is 0 Å². The van der Waals surface area contributed by atoms with Gasteiger partial charge in [-0.3, -0.25) is 4.79 Å². The van der Waals surface area contributed by atoms with Gasteiger partial charge in [-0.05, 0) is 35.8 Å². The molecule has 0 aromatic heterocycles. The van der Waals surface area contributed by atoms with Gasteiger partial charge in [0.25, 0.3) is 0 Å². The number of rotatable bonds is 6. The number of fused-ring (bicyclic) bond motifs is 1. The van der Waals surface area contributed by atoms with Gasteiger partial charge in [-0.2, -0.15) is 0 Å². The van der Waals surface area contributed by atoms with Gasteiger partial charge < -0.3 is 14.8 Å². The van der Waals surface area contributed by atoms with E-state index >= 15 is 0 Å². The average Bonchev–Trinajstić information content (AvgIpc) is 3.09. The first-order chi connectivity index (χ1) is 11.8. The maximum absolute atomic E-state index is 12.0. The van der Waals surface area contributed by atoms with Crippen molar-refractivity contribution < 1.29 is 14.3 Å². The van der Waals surface area contributed by atoms with Crippen LogP contribution >= 0.6 is 0 Å². The van der Waals surface area contributed by atoms with Crippen LogP contribution in [0.5, 0.6) is 11.5 Å². The molecule has 1 amide bonds. The SMILES string of the molecule is CCC(CNC(=O)/C=C/c1ccc2c(c1)OCO2)c1ccccc1. The summed E-state index contributed by atoms with van der Waals surface area (Å²) in [6, 6.07) is 15.9. The lowest BCUT2D eigenvalue weighted by Gasteiger charge is -2.15. The van der Waals surface area contributed by atoms with Crippen LogP contribution in [-0.2, 0) is 4.79 Å². The van der Waals surface area contributed by atoms with E-state index in [1.54, 1.807) is 12.2 Å². The first-order valence-electron chi connectivity index (χ1n) is 8.16. The summed E-state index contributed by atoms with van der Waals surface area (Å²) in [5.41, 5.74) is 2.16. The van der Waals surface area contributed by atoms with Crippen molar-refractivity contribution in [2.24, 2.45) is 0 Å². The van der Waals surface area contributed by atoms with Crippen molar-refractivity contribution >= 4 is 12.0 Å². The third-order valence-electron chi connectivity index (χ3n) is 4.11. The predicted molar refractivity (Wildman–Crippen MR) is 94.1 cm³/mol. The van der Waals surface area contributed by atoms with Crippen LogP contribution in [0.2, 0.25) is 0 Å². The molecule has 4 heteroatoms. The number of ether oxygens (including phenoxy) is 2. The van der Waals surface area contributed by atoms with Crippen LogP contribution in [0.3, 0.4) is 0 Å². The summed E-state index contributed by atoms with van der Waals surface area (Å²) in [5, 5.41) is 2.97. The van der Waals surface area contributed by atoms with Gasteiger partial charge in [-0.25, -0.2) is 0 Å². The predicted octanol–water partition coefficient (Wildman–Crippen LogP) is 3.74. The van der Waals surface area contributed by atoms with Crippen LogP contribution in [-0.4, -0.2) is 19.2 Å². The minimum Gasteiger partial charge on any atom is -0.454 e. The number of hydrogen-bond donors (Lipinski definition) is 1. The molecule has 1 unspecified atom stereocenters. The number of hydrogen-bond acceptors (Lipinski definition) is 3. The van der Waals surface area contributed by atoms with E-state index in [1.165, 1.54) is 5.56 Å². The maximum Gasteiger partial charge on any atom is 0.244 e. The minimum atomic E-state index is -0.0953. The summed E-state index contributed by atoms with van der Waals surface area (Å²) in [7, 11) is 0. The highest BCUT2D eigenvalue weighted by Gasteiger charge is 2.12. The Morgan fingerprint density at radius 1 is 1.17 bits per heavy atom. The van der Waals surface area contributed by atoms with Crippen LogP contribution < -0.4 is 14.8 Å². The van der Waals surface area contributed by atoms with Crippen molar-refractivity contribution in [1.82, 2.24) is 5.32 Å². The highest BCUT2D eigenvalue weighted by molar-refractivity contribution is 5.91. The third kappa shape index (κ3) is 3.96. The summed E-state index contributed by atoms with van der Waals surface area (Å²) in [4.78, 5) is 12.0. The quantitative estimate of drug-likeness (QED) is 0.824. The lowest BCUT2D eigenvalue weighted by molar-refractivity contribution is -0.116. The number of benzene rings is 2. The average molecular weight is 323 g/mol. The standard InChI is InChI=1S/C20H21NO3/c1-2-16(17-6-4-3-5-7-17)13-21-20(22)11-9-15-8-10-18-19(12-15)24-14-23-18/h3-12,16H,2,13-14H2,1H3,(H,21,22)/b11-9+. The molecule has 0 spiro atoms.